The first-order valence-corrected chi connectivity index (χ1v) is 7.78. The SMILES string of the molecule is CCC(CC)(CNC(=O)C(=O)Nc1ccc(F)c(C)c1)N(C)C. The summed E-state index contributed by atoms with van der Waals surface area (Å²) in [6.07, 6.45) is 1.71. The molecular formula is C17H26FN3O2. The Morgan fingerprint density at radius 3 is 2.26 bits per heavy atom. The van der Waals surface area contributed by atoms with Crippen molar-refractivity contribution in [3.05, 3.63) is 29.6 Å². The molecule has 1 aromatic rings. The van der Waals surface area contributed by atoms with Gasteiger partial charge in [-0.3, -0.25) is 9.59 Å². The Morgan fingerprint density at radius 2 is 1.78 bits per heavy atom. The number of halogens is 1. The number of aryl methyl sites for hydroxylation is 1. The summed E-state index contributed by atoms with van der Waals surface area (Å²) < 4.78 is 13.2. The van der Waals surface area contributed by atoms with E-state index >= 15 is 0 Å². The highest BCUT2D eigenvalue weighted by Gasteiger charge is 2.30. The average molecular weight is 323 g/mol. The van der Waals surface area contributed by atoms with Gasteiger partial charge in [-0.15, -0.1) is 0 Å². The van der Waals surface area contributed by atoms with E-state index in [4.69, 9.17) is 0 Å². The molecule has 23 heavy (non-hydrogen) atoms. The summed E-state index contributed by atoms with van der Waals surface area (Å²) in [7, 11) is 3.92. The molecule has 0 aromatic heterocycles. The molecule has 2 N–H and O–H groups in total. The number of benzene rings is 1. The lowest BCUT2D eigenvalue weighted by Crippen LogP contribution is -2.53. The predicted octanol–water partition coefficient (Wildman–Crippen LogP) is 2.31. The van der Waals surface area contributed by atoms with Crippen molar-refractivity contribution in [2.24, 2.45) is 0 Å². The monoisotopic (exact) mass is 323 g/mol. The van der Waals surface area contributed by atoms with Gasteiger partial charge >= 0.3 is 11.8 Å². The van der Waals surface area contributed by atoms with Crippen LogP contribution in [-0.4, -0.2) is 42.9 Å². The van der Waals surface area contributed by atoms with Gasteiger partial charge in [0, 0.05) is 17.8 Å². The minimum Gasteiger partial charge on any atom is -0.346 e. The van der Waals surface area contributed by atoms with Gasteiger partial charge in [0.05, 0.1) is 0 Å². The maximum absolute atomic E-state index is 13.2. The van der Waals surface area contributed by atoms with Crippen molar-refractivity contribution in [3.63, 3.8) is 0 Å². The molecule has 5 nitrogen and oxygen atoms in total. The van der Waals surface area contributed by atoms with Gasteiger partial charge in [-0.05, 0) is 57.6 Å². The number of carbonyl (C=O) groups excluding carboxylic acids is 2. The number of nitrogens with one attached hydrogen (secondary N) is 2. The Hall–Kier alpha value is -1.95. The van der Waals surface area contributed by atoms with Crippen LogP contribution in [0.1, 0.15) is 32.3 Å². The molecule has 0 aliphatic carbocycles. The van der Waals surface area contributed by atoms with Gasteiger partial charge in [0.1, 0.15) is 5.82 Å². The number of hydrogen-bond acceptors (Lipinski definition) is 3. The fourth-order valence-electron chi connectivity index (χ4n) is 2.53. The predicted molar refractivity (Wildman–Crippen MR) is 89.8 cm³/mol. The van der Waals surface area contributed by atoms with Crippen LogP contribution in [-0.2, 0) is 9.59 Å². The molecule has 0 unspecified atom stereocenters. The third kappa shape index (κ3) is 4.76. The van der Waals surface area contributed by atoms with Gasteiger partial charge in [-0.2, -0.15) is 0 Å². The molecule has 0 bridgehead atoms. The highest BCUT2D eigenvalue weighted by molar-refractivity contribution is 6.39. The molecule has 0 saturated heterocycles. The number of carbonyl (C=O) groups is 2. The van der Waals surface area contributed by atoms with Gasteiger partial charge in [0.15, 0.2) is 0 Å². The zero-order chi connectivity index (χ0) is 17.6. The van der Waals surface area contributed by atoms with Gasteiger partial charge < -0.3 is 15.5 Å². The first-order chi connectivity index (χ1) is 10.8. The number of hydrogen-bond donors (Lipinski definition) is 2. The quantitative estimate of drug-likeness (QED) is 0.790. The topological polar surface area (TPSA) is 61.4 Å². The van der Waals surface area contributed by atoms with Crippen molar-refractivity contribution in [1.29, 1.82) is 0 Å². The van der Waals surface area contributed by atoms with Gasteiger partial charge in [0.25, 0.3) is 0 Å². The second-order valence-electron chi connectivity index (χ2n) is 5.93. The van der Waals surface area contributed by atoms with Crippen LogP contribution < -0.4 is 10.6 Å². The Bertz CT molecular complexity index is 569. The summed E-state index contributed by atoms with van der Waals surface area (Å²) in [5, 5.41) is 5.17. The molecule has 1 rings (SSSR count). The van der Waals surface area contributed by atoms with Crippen molar-refractivity contribution in [2.45, 2.75) is 39.2 Å². The zero-order valence-electron chi connectivity index (χ0n) is 14.5. The van der Waals surface area contributed by atoms with E-state index in [0.29, 0.717) is 17.8 Å². The van der Waals surface area contributed by atoms with E-state index in [1.807, 2.05) is 14.1 Å². The molecule has 0 saturated carbocycles. The molecule has 0 heterocycles. The Kier molecular flexibility index (Phi) is 6.69. The smallest absolute Gasteiger partial charge is 0.313 e. The third-order valence-electron chi connectivity index (χ3n) is 4.46. The van der Waals surface area contributed by atoms with E-state index in [-0.39, 0.29) is 11.4 Å². The summed E-state index contributed by atoms with van der Waals surface area (Å²) in [6, 6.07) is 4.17. The van der Waals surface area contributed by atoms with Gasteiger partial charge in [0.2, 0.25) is 0 Å². The van der Waals surface area contributed by atoms with Crippen molar-refractivity contribution < 1.29 is 14.0 Å². The number of likely N-dealkylation sites (N-methyl/N-ethyl adjacent to an activating group) is 1. The van der Waals surface area contributed by atoms with E-state index in [1.54, 1.807) is 6.92 Å². The summed E-state index contributed by atoms with van der Waals surface area (Å²) in [4.78, 5) is 26.0. The van der Waals surface area contributed by atoms with E-state index in [2.05, 4.69) is 29.4 Å². The second-order valence-corrected chi connectivity index (χ2v) is 5.93. The van der Waals surface area contributed by atoms with Crippen LogP contribution in [0.15, 0.2) is 18.2 Å². The summed E-state index contributed by atoms with van der Waals surface area (Å²) >= 11 is 0. The third-order valence-corrected chi connectivity index (χ3v) is 4.46. The van der Waals surface area contributed by atoms with Crippen LogP contribution in [0.3, 0.4) is 0 Å². The molecule has 0 fully saturated rings. The van der Waals surface area contributed by atoms with Crippen LogP contribution in [0.5, 0.6) is 0 Å². The molecular weight excluding hydrogens is 297 g/mol. The Morgan fingerprint density at radius 1 is 1.17 bits per heavy atom. The normalized spacial score (nSPS) is 11.4. The fraction of sp³-hybridized carbons (Fsp3) is 0.529. The molecule has 6 heteroatoms. The van der Waals surface area contributed by atoms with Crippen molar-refractivity contribution in [3.8, 4) is 0 Å². The average Bonchev–Trinajstić information content (AvgIpc) is 2.51. The Labute approximate surface area is 137 Å². The number of rotatable bonds is 6. The molecule has 1 aromatic carbocycles. The van der Waals surface area contributed by atoms with Crippen molar-refractivity contribution >= 4 is 17.5 Å². The van der Waals surface area contributed by atoms with Crippen molar-refractivity contribution in [1.82, 2.24) is 10.2 Å². The van der Waals surface area contributed by atoms with Crippen LogP contribution in [0.4, 0.5) is 10.1 Å². The number of anilines is 1. The van der Waals surface area contributed by atoms with E-state index < -0.39 is 11.8 Å². The minimum absolute atomic E-state index is 0.178. The lowest BCUT2D eigenvalue weighted by Gasteiger charge is -2.38. The molecule has 0 atom stereocenters. The first-order valence-electron chi connectivity index (χ1n) is 7.78. The molecule has 0 radical (unpaired) electrons. The molecule has 2 amide bonds. The number of nitrogens with zero attached hydrogens (tertiary/aromatic N) is 1. The molecule has 0 spiro atoms. The standard InChI is InChI=1S/C17H26FN3O2/c1-6-17(7-2,21(4)5)11-19-15(22)16(23)20-13-8-9-14(18)12(3)10-13/h8-10H,6-7,11H2,1-5H3,(H,19,22)(H,20,23). The lowest BCUT2D eigenvalue weighted by molar-refractivity contribution is -0.136. The van der Waals surface area contributed by atoms with E-state index in [1.165, 1.54) is 18.2 Å². The van der Waals surface area contributed by atoms with Crippen LogP contribution in [0.2, 0.25) is 0 Å². The van der Waals surface area contributed by atoms with Crippen LogP contribution >= 0.6 is 0 Å². The lowest BCUT2D eigenvalue weighted by atomic mass is 9.91. The van der Waals surface area contributed by atoms with E-state index in [0.717, 1.165) is 12.8 Å². The van der Waals surface area contributed by atoms with E-state index in [9.17, 15) is 14.0 Å². The largest absolute Gasteiger partial charge is 0.346 e. The maximum Gasteiger partial charge on any atom is 0.313 e. The molecule has 0 aliphatic heterocycles. The fourth-order valence-corrected chi connectivity index (χ4v) is 2.53. The van der Waals surface area contributed by atoms with Crippen LogP contribution in [0.25, 0.3) is 0 Å². The van der Waals surface area contributed by atoms with Gasteiger partial charge in [-0.25, -0.2) is 4.39 Å². The summed E-state index contributed by atoms with van der Waals surface area (Å²) in [5.41, 5.74) is 0.628. The van der Waals surface area contributed by atoms with Crippen LogP contribution in [0, 0.1) is 12.7 Å². The zero-order valence-corrected chi connectivity index (χ0v) is 14.5. The Balaban J connectivity index is 2.67. The van der Waals surface area contributed by atoms with Crippen molar-refractivity contribution in [2.75, 3.05) is 26.0 Å². The first kappa shape index (κ1) is 19.1. The molecule has 0 aliphatic rings. The number of amides is 2. The van der Waals surface area contributed by atoms with Gasteiger partial charge in [-0.1, -0.05) is 13.8 Å². The molecule has 128 valence electrons. The highest BCUT2D eigenvalue weighted by Crippen LogP contribution is 2.20. The summed E-state index contributed by atoms with van der Waals surface area (Å²) in [6.45, 7) is 6.09. The highest BCUT2D eigenvalue weighted by atomic mass is 19.1. The maximum atomic E-state index is 13.2. The minimum atomic E-state index is -0.754. The second kappa shape index (κ2) is 8.06. The summed E-state index contributed by atoms with van der Waals surface area (Å²) in [5.74, 6) is -1.80.